The van der Waals surface area contributed by atoms with Gasteiger partial charge in [-0.05, 0) is 36.6 Å². The van der Waals surface area contributed by atoms with E-state index in [2.05, 4.69) is 5.32 Å². The molecule has 0 fully saturated rings. The highest BCUT2D eigenvalue weighted by Gasteiger charge is 2.14. The van der Waals surface area contributed by atoms with Gasteiger partial charge in [0, 0.05) is 18.0 Å². The molecule has 1 rings (SSSR count). The Hall–Kier alpha value is -1.81. The molecule has 1 aromatic carbocycles. The maximum absolute atomic E-state index is 12.1. The first-order valence-corrected chi connectivity index (χ1v) is 7.90. The number of amides is 1. The van der Waals surface area contributed by atoms with Crippen LogP contribution < -0.4 is 5.32 Å². The fourth-order valence-electron chi connectivity index (χ4n) is 1.70. The second-order valence-corrected chi connectivity index (χ2v) is 5.33. The van der Waals surface area contributed by atoms with Crippen LogP contribution >= 0.6 is 11.6 Å². The molecule has 0 saturated carbocycles. The molecule has 1 aromatic rings. The Morgan fingerprint density at radius 3 is 2.45 bits per heavy atom. The number of carbonyl (C=O) groups excluding carboxylic acids is 2. The number of rotatable bonds is 8. The lowest BCUT2D eigenvalue weighted by molar-refractivity contribution is -0.142. The summed E-state index contributed by atoms with van der Waals surface area (Å²) in [5.41, 5.74) is 0.745. The van der Waals surface area contributed by atoms with E-state index in [9.17, 15) is 9.59 Å². The lowest BCUT2D eigenvalue weighted by Gasteiger charge is -2.09. The van der Waals surface area contributed by atoms with Crippen LogP contribution in [0.5, 0.6) is 0 Å². The summed E-state index contributed by atoms with van der Waals surface area (Å²) in [5.74, 6) is -0.780. The van der Waals surface area contributed by atoms with Crippen LogP contribution in [0.4, 0.5) is 0 Å². The van der Waals surface area contributed by atoms with Crippen molar-refractivity contribution in [3.63, 3.8) is 0 Å². The van der Waals surface area contributed by atoms with Crippen molar-refractivity contribution >= 4 is 29.6 Å². The minimum absolute atomic E-state index is 0.0110. The summed E-state index contributed by atoms with van der Waals surface area (Å²) in [7, 11) is 0. The summed E-state index contributed by atoms with van der Waals surface area (Å²) in [6, 6.07) is 6.95. The third-order valence-corrected chi connectivity index (χ3v) is 3.14. The minimum Gasteiger partial charge on any atom is -0.421 e. The van der Waals surface area contributed by atoms with E-state index in [4.69, 9.17) is 16.3 Å². The molecule has 5 heteroatoms. The third kappa shape index (κ3) is 6.76. The van der Waals surface area contributed by atoms with E-state index in [-0.39, 0.29) is 18.1 Å². The second-order valence-electron chi connectivity index (χ2n) is 4.89. The van der Waals surface area contributed by atoms with Crippen molar-refractivity contribution < 1.29 is 14.3 Å². The fourth-order valence-corrected chi connectivity index (χ4v) is 1.82. The summed E-state index contributed by atoms with van der Waals surface area (Å²) < 4.78 is 5.19. The first kappa shape index (κ1) is 18.2. The number of halogens is 1. The van der Waals surface area contributed by atoms with Crippen molar-refractivity contribution in [2.75, 3.05) is 6.54 Å². The highest BCUT2D eigenvalue weighted by molar-refractivity contribution is 6.30. The molecule has 0 atom stereocenters. The molecule has 0 saturated heterocycles. The number of nitrogens with one attached hydrogen (secondary N) is 1. The van der Waals surface area contributed by atoms with Crippen LogP contribution in [0.25, 0.3) is 6.08 Å². The van der Waals surface area contributed by atoms with Gasteiger partial charge >= 0.3 is 5.97 Å². The Labute approximate surface area is 136 Å². The Morgan fingerprint density at radius 2 is 1.86 bits per heavy atom. The molecule has 4 nitrogen and oxygen atoms in total. The van der Waals surface area contributed by atoms with Crippen LogP contribution in [0.15, 0.2) is 30.0 Å². The molecular weight excluding hydrogens is 302 g/mol. The predicted octanol–water partition coefficient (Wildman–Crippen LogP) is 3.94. The minimum atomic E-state index is -0.409. The van der Waals surface area contributed by atoms with Crippen molar-refractivity contribution in [3.8, 4) is 0 Å². The zero-order valence-corrected chi connectivity index (χ0v) is 13.8. The van der Waals surface area contributed by atoms with E-state index in [1.54, 1.807) is 30.3 Å². The Balaban J connectivity index is 2.86. The van der Waals surface area contributed by atoms with Crippen molar-refractivity contribution in [3.05, 3.63) is 40.6 Å². The van der Waals surface area contributed by atoms with Crippen LogP contribution in [0.1, 0.15) is 45.1 Å². The summed E-state index contributed by atoms with van der Waals surface area (Å²) in [6.07, 6.45) is 4.35. The van der Waals surface area contributed by atoms with Crippen molar-refractivity contribution in [2.24, 2.45) is 0 Å². The molecule has 0 bridgehead atoms. The zero-order chi connectivity index (χ0) is 16.4. The molecular formula is C17H22ClNO3. The van der Waals surface area contributed by atoms with E-state index in [1.165, 1.54) is 0 Å². The van der Waals surface area contributed by atoms with Crippen LogP contribution in [-0.2, 0) is 14.3 Å². The number of hydrogen-bond donors (Lipinski definition) is 1. The molecule has 0 unspecified atom stereocenters. The van der Waals surface area contributed by atoms with Crippen LogP contribution in [0, 0.1) is 0 Å². The number of unbranched alkanes of at least 4 members (excludes halogenated alkanes) is 1. The smallest absolute Gasteiger partial charge is 0.311 e. The Kier molecular flexibility index (Phi) is 8.30. The van der Waals surface area contributed by atoms with Crippen molar-refractivity contribution in [2.45, 2.75) is 39.5 Å². The standard InChI is InChI=1S/C17H22ClNO3/c1-3-5-11-19-17(21)15(22-16(20)6-4-2)12-13-7-9-14(18)10-8-13/h7-10,12H,3-6,11H2,1-2H3,(H,19,21). The molecule has 0 aliphatic carbocycles. The van der Waals surface area contributed by atoms with Crippen LogP contribution in [-0.4, -0.2) is 18.4 Å². The first-order valence-electron chi connectivity index (χ1n) is 7.53. The number of benzene rings is 1. The molecule has 0 aromatic heterocycles. The number of esters is 1. The van der Waals surface area contributed by atoms with Crippen molar-refractivity contribution in [1.82, 2.24) is 5.32 Å². The van der Waals surface area contributed by atoms with Gasteiger partial charge in [0.25, 0.3) is 5.91 Å². The van der Waals surface area contributed by atoms with Gasteiger partial charge < -0.3 is 10.1 Å². The summed E-state index contributed by atoms with van der Waals surface area (Å²) in [5, 5.41) is 3.36. The van der Waals surface area contributed by atoms with E-state index in [0.29, 0.717) is 18.0 Å². The van der Waals surface area contributed by atoms with Gasteiger partial charge in [0.15, 0.2) is 5.76 Å². The maximum Gasteiger partial charge on any atom is 0.311 e. The average Bonchev–Trinajstić information content (AvgIpc) is 2.49. The molecule has 1 amide bonds. The normalized spacial score (nSPS) is 11.1. The van der Waals surface area contributed by atoms with E-state index < -0.39 is 5.97 Å². The number of ether oxygens (including phenoxy) is 1. The Bertz CT molecular complexity index is 523. The lowest BCUT2D eigenvalue weighted by Crippen LogP contribution is -2.28. The first-order chi connectivity index (χ1) is 10.6. The molecule has 0 spiro atoms. The van der Waals surface area contributed by atoms with Gasteiger partial charge in [-0.25, -0.2) is 0 Å². The SMILES string of the molecule is CCCCNC(=O)C(=Cc1ccc(Cl)cc1)OC(=O)CCC. The van der Waals surface area contributed by atoms with Gasteiger partial charge in [-0.3, -0.25) is 9.59 Å². The van der Waals surface area contributed by atoms with E-state index >= 15 is 0 Å². The van der Waals surface area contributed by atoms with Gasteiger partial charge in [0.2, 0.25) is 0 Å². The van der Waals surface area contributed by atoms with Gasteiger partial charge in [-0.2, -0.15) is 0 Å². The maximum atomic E-state index is 12.1. The van der Waals surface area contributed by atoms with Crippen LogP contribution in [0.2, 0.25) is 5.02 Å². The fraction of sp³-hybridized carbons (Fsp3) is 0.412. The number of carbonyl (C=O) groups is 2. The van der Waals surface area contributed by atoms with E-state index in [0.717, 1.165) is 18.4 Å². The molecule has 1 N–H and O–H groups in total. The summed E-state index contributed by atoms with van der Waals surface area (Å²) in [4.78, 5) is 23.8. The van der Waals surface area contributed by atoms with E-state index in [1.807, 2.05) is 13.8 Å². The molecule has 120 valence electrons. The largest absolute Gasteiger partial charge is 0.421 e. The van der Waals surface area contributed by atoms with Gasteiger partial charge in [-0.15, -0.1) is 0 Å². The van der Waals surface area contributed by atoms with Gasteiger partial charge in [-0.1, -0.05) is 44.0 Å². The lowest BCUT2D eigenvalue weighted by atomic mass is 10.2. The molecule has 0 aliphatic rings. The summed E-state index contributed by atoms with van der Waals surface area (Å²) >= 11 is 5.84. The molecule has 0 heterocycles. The van der Waals surface area contributed by atoms with Crippen molar-refractivity contribution in [1.29, 1.82) is 0 Å². The molecule has 22 heavy (non-hydrogen) atoms. The topological polar surface area (TPSA) is 55.4 Å². The monoisotopic (exact) mass is 323 g/mol. The summed E-state index contributed by atoms with van der Waals surface area (Å²) in [6.45, 7) is 4.47. The number of hydrogen-bond acceptors (Lipinski definition) is 3. The average molecular weight is 324 g/mol. The zero-order valence-electron chi connectivity index (χ0n) is 13.0. The quantitative estimate of drug-likeness (QED) is 0.341. The van der Waals surface area contributed by atoms with Crippen LogP contribution in [0.3, 0.4) is 0 Å². The Morgan fingerprint density at radius 1 is 1.18 bits per heavy atom. The second kappa shape index (κ2) is 10.0. The third-order valence-electron chi connectivity index (χ3n) is 2.89. The van der Waals surface area contributed by atoms with Gasteiger partial charge in [0.05, 0.1) is 0 Å². The van der Waals surface area contributed by atoms with Gasteiger partial charge in [0.1, 0.15) is 0 Å². The highest BCUT2D eigenvalue weighted by atomic mass is 35.5. The molecule has 0 radical (unpaired) electrons. The molecule has 0 aliphatic heterocycles. The predicted molar refractivity (Wildman–Crippen MR) is 88.3 cm³/mol. The highest BCUT2D eigenvalue weighted by Crippen LogP contribution is 2.14.